The minimum Gasteiger partial charge on any atom is -0.512 e. The lowest BCUT2D eigenvalue weighted by Crippen LogP contribution is -2.07. The van der Waals surface area contributed by atoms with Crippen LogP contribution in [-0.4, -0.2) is 140 Å². The molecule has 9 aliphatic rings. The van der Waals surface area contributed by atoms with Gasteiger partial charge in [-0.2, -0.15) is 0 Å². The Morgan fingerprint density at radius 2 is 0.540 bits per heavy atom. The van der Waals surface area contributed by atoms with Crippen LogP contribution in [0.4, 0.5) is 0 Å². The molecule has 0 heterocycles. The van der Waals surface area contributed by atoms with Gasteiger partial charge < -0.3 is 73.6 Å². The number of aliphatic hydroxyl groups is 7. The zero-order valence-corrected chi connectivity index (χ0v) is 73.9. The molecule has 4 unspecified atom stereocenters. The van der Waals surface area contributed by atoms with Gasteiger partial charge in [-0.15, -0.1) is 0 Å². The number of ketones is 7. The third-order valence-corrected chi connectivity index (χ3v) is 23.8. The van der Waals surface area contributed by atoms with Crippen LogP contribution in [0.1, 0.15) is 214 Å². The molecule has 7 aromatic carbocycles. The molecule has 0 aromatic heterocycles. The number of aryl methyl sites for hydroxylation is 5. The average Bonchev–Trinajstić information content (AvgIpc) is 1.62. The molecular formula is C102H116O22. The summed E-state index contributed by atoms with van der Waals surface area (Å²) in [5.74, 6) is 7.03. The normalized spacial score (nSPS) is 19.0. The number of benzene rings is 7. The van der Waals surface area contributed by atoms with Gasteiger partial charge in [0, 0.05) is 95.0 Å². The second-order valence-electron chi connectivity index (χ2n) is 32.4. The van der Waals surface area contributed by atoms with E-state index >= 15 is 0 Å². The lowest BCUT2D eigenvalue weighted by Gasteiger charge is -2.12. The van der Waals surface area contributed by atoms with Gasteiger partial charge in [0.15, 0.2) is 40.5 Å². The van der Waals surface area contributed by atoms with E-state index in [1.165, 1.54) is 24.0 Å². The van der Waals surface area contributed by atoms with Crippen molar-refractivity contribution in [3.05, 3.63) is 246 Å². The first-order valence-corrected chi connectivity index (χ1v) is 42.2. The molecule has 7 N–H and O–H groups in total. The van der Waals surface area contributed by atoms with Crippen LogP contribution in [-0.2, 0) is 51.1 Å². The number of rotatable bonds is 20. The van der Waals surface area contributed by atoms with Crippen LogP contribution in [0.3, 0.4) is 0 Å². The lowest BCUT2D eigenvalue weighted by molar-refractivity contribution is -0.114. The summed E-state index contributed by atoms with van der Waals surface area (Å²) in [6.45, 7) is 15.8. The van der Waals surface area contributed by atoms with E-state index in [1.54, 1.807) is 75.1 Å². The summed E-state index contributed by atoms with van der Waals surface area (Å²) in [5, 5.41) is 69.9. The largest absolute Gasteiger partial charge is 0.512 e. The van der Waals surface area contributed by atoms with Crippen LogP contribution in [0.25, 0.3) is 39.0 Å². The molecule has 22 nitrogen and oxygen atoms in total. The number of hydrogen-bond acceptors (Lipinski definition) is 22. The number of aliphatic hydroxyl groups excluding tert-OH is 7. The molecule has 0 amide bonds. The van der Waals surface area contributed by atoms with Gasteiger partial charge in [0.1, 0.15) is 80.6 Å². The number of methoxy groups -OCH3 is 8. The van der Waals surface area contributed by atoms with E-state index in [9.17, 15) is 69.3 Å². The van der Waals surface area contributed by atoms with Crippen molar-refractivity contribution in [2.75, 3.05) is 63.5 Å². The summed E-state index contributed by atoms with van der Waals surface area (Å²) in [7, 11) is 12.7. The Hall–Kier alpha value is -12.4. The minimum atomic E-state index is -0.238. The van der Waals surface area contributed by atoms with Gasteiger partial charge in [0.2, 0.25) is 0 Å². The highest BCUT2D eigenvalue weighted by Gasteiger charge is 2.39. The second kappa shape index (κ2) is 42.1. The summed E-state index contributed by atoms with van der Waals surface area (Å²) in [6.07, 6.45) is 10.4. The molecule has 4 atom stereocenters. The van der Waals surface area contributed by atoms with Crippen molar-refractivity contribution in [2.24, 2.45) is 23.7 Å². The quantitative estimate of drug-likeness (QED) is 0.0373. The first-order chi connectivity index (χ1) is 59.3. The molecule has 0 bridgehead atoms. The van der Waals surface area contributed by atoms with Crippen molar-refractivity contribution >= 4 is 79.5 Å². The Kier molecular flexibility index (Phi) is 31.9. The first-order valence-electron chi connectivity index (χ1n) is 42.2. The van der Waals surface area contributed by atoms with Crippen molar-refractivity contribution in [3.8, 4) is 40.2 Å². The smallest absolute Gasteiger partial charge is 0.167 e. The lowest BCUT2D eigenvalue weighted by atomic mass is 9.95. The predicted octanol–water partition coefficient (Wildman–Crippen LogP) is 20.7. The Morgan fingerprint density at radius 1 is 0.290 bits per heavy atom. The molecule has 2 saturated carbocycles. The fourth-order valence-corrected chi connectivity index (χ4v) is 16.4. The van der Waals surface area contributed by atoms with Gasteiger partial charge in [0.25, 0.3) is 0 Å². The van der Waals surface area contributed by atoms with Crippen molar-refractivity contribution in [3.63, 3.8) is 0 Å². The third kappa shape index (κ3) is 21.6. The number of ether oxygens (including phenoxy) is 8. The average molecular weight is 1690 g/mol. The highest BCUT2D eigenvalue weighted by atomic mass is 16.5. The molecule has 22 heteroatoms. The maximum absolute atomic E-state index is 12.1. The number of Topliss-reactive ketones (excluding diaryl/α,β-unsaturated/α-hetero) is 7. The third-order valence-electron chi connectivity index (χ3n) is 23.8. The van der Waals surface area contributed by atoms with E-state index in [4.69, 9.17) is 37.9 Å². The van der Waals surface area contributed by atoms with Crippen molar-refractivity contribution in [2.45, 2.75) is 170 Å². The number of carbonyl (C=O) groups excluding carboxylic acids is 7. The van der Waals surface area contributed by atoms with Crippen LogP contribution in [0, 0.1) is 44.4 Å². The van der Waals surface area contributed by atoms with E-state index in [-0.39, 0.29) is 104 Å². The van der Waals surface area contributed by atoms with Crippen molar-refractivity contribution in [1.29, 1.82) is 0 Å². The van der Waals surface area contributed by atoms with Gasteiger partial charge in [-0.3, -0.25) is 33.6 Å². The summed E-state index contributed by atoms with van der Waals surface area (Å²) in [5.41, 5.74) is 16.3. The highest BCUT2D eigenvalue weighted by molar-refractivity contribution is 6.28. The highest BCUT2D eigenvalue weighted by Crippen LogP contribution is 2.49. The maximum atomic E-state index is 12.1. The molecule has 124 heavy (non-hydrogen) atoms. The molecule has 656 valence electrons. The Bertz CT molecular complexity index is 5490. The molecule has 0 aliphatic heterocycles. The number of allylic oxidation sites excluding steroid dienone is 13. The van der Waals surface area contributed by atoms with E-state index in [0.717, 1.165) is 104 Å². The molecule has 9 aliphatic carbocycles. The topological polar surface area (TPSA) is 335 Å². The SMILES string of the molecule is CCc1ccc(OC)cc1C1=C(O)C(C)CC1=O.CCc1ccc(OC)cc1C1=C(O)CCC1=O.COCC1CC(=O)C(c2cc(OC)ccc2C)=C1O.COc1ccc(C)c(C2=C(O)C(C)CC2=O)c1.COc1ccc(C)c(C2=C(O)CCC2=O)c1.COc1ccc(C2CC2)c(C2=C(O)C(C)CC2=O)c1.COc1ccc(C2CC2)c(C2=C(O)CCC2=O)c1. The van der Waals surface area contributed by atoms with Gasteiger partial charge in [-0.25, -0.2) is 0 Å². The van der Waals surface area contributed by atoms with Crippen LogP contribution >= 0.6 is 0 Å². The van der Waals surface area contributed by atoms with E-state index in [2.05, 4.69) is 0 Å². The molecule has 7 aromatic rings. The monoisotopic (exact) mass is 1690 g/mol. The van der Waals surface area contributed by atoms with Crippen LogP contribution in [0.2, 0.25) is 0 Å². The summed E-state index contributed by atoms with van der Waals surface area (Å²) >= 11 is 0. The maximum Gasteiger partial charge on any atom is 0.167 e. The molecule has 16 rings (SSSR count). The van der Waals surface area contributed by atoms with Crippen LogP contribution < -0.4 is 33.2 Å². The van der Waals surface area contributed by atoms with Gasteiger partial charge >= 0.3 is 0 Å². The minimum absolute atomic E-state index is 0.00588. The molecule has 0 spiro atoms. The van der Waals surface area contributed by atoms with E-state index < -0.39 is 0 Å². The molecule has 2 fully saturated rings. The standard InChI is InChI=1S/C16H18O3.C15H18O4.C15H16O3.C15H18O3.2C14H16O3.C13H14O3/c1-9-7-14(17)15(16(9)18)13-8-11(19-2)5-6-12(13)10-3-4-10;1-9-4-5-11(19-3)7-12(9)14-13(16)6-10(8-18-2)15(14)17;1-18-10-4-5-11(9-2-3-9)12(8-10)15-13(16)6-7-14(15)17;1-4-10-5-6-11(18-3)8-12(10)14-13(16)7-9(2)15(14)17;1-8-4-5-10(17-3)7-11(8)13-12(15)6-9(2)14(13)16;1-3-9-4-5-10(17-2)8-11(9)14-12(15)6-7-13(14)16;1-8-3-4-9(16-2)7-10(8)13-11(14)5-6-12(13)15/h5-6,8-10,18H,3-4,7H2,1-2H3;4-5,7,10,17H,6,8H2,1-3H3;4-5,8-9,16H,2-3,6-7H2,1H3;5-6,8-9,17H,4,7H2,1-3H3;4-5,7,9,16H,6H2,1-3H3;4-5,8,15H,3,6-7H2,1-2H3;3-4,7,14H,5-6H2,1-2H3. The summed E-state index contributed by atoms with van der Waals surface area (Å²) in [6, 6.07) is 39.5. The van der Waals surface area contributed by atoms with Crippen molar-refractivity contribution in [1.82, 2.24) is 0 Å². The van der Waals surface area contributed by atoms with E-state index in [1.807, 2.05) is 165 Å². The fraction of sp³-hybridized carbons (Fsp3) is 0.382. The number of hydrogen-bond donors (Lipinski definition) is 7. The Labute approximate surface area is 725 Å². The Balaban J connectivity index is 0.000000151. The zero-order chi connectivity index (χ0) is 90.2. The second-order valence-corrected chi connectivity index (χ2v) is 32.4. The van der Waals surface area contributed by atoms with Crippen LogP contribution in [0.5, 0.6) is 40.2 Å². The van der Waals surface area contributed by atoms with Gasteiger partial charge in [0.05, 0.1) is 95.4 Å². The predicted molar refractivity (Wildman–Crippen MR) is 479 cm³/mol. The van der Waals surface area contributed by atoms with E-state index in [0.29, 0.717) is 150 Å². The molecule has 0 saturated heterocycles. The summed E-state index contributed by atoms with van der Waals surface area (Å²) in [4.78, 5) is 83.5. The van der Waals surface area contributed by atoms with Gasteiger partial charge in [-0.1, -0.05) is 77.1 Å². The summed E-state index contributed by atoms with van der Waals surface area (Å²) < 4.78 is 41.3. The van der Waals surface area contributed by atoms with Crippen LogP contribution in [0.15, 0.2) is 168 Å². The van der Waals surface area contributed by atoms with Gasteiger partial charge in [-0.05, 0) is 234 Å². The fourth-order valence-electron chi connectivity index (χ4n) is 16.4. The molecule has 0 radical (unpaired) electrons. The number of carbonyl (C=O) groups is 7. The van der Waals surface area contributed by atoms with Crippen molar-refractivity contribution < 1.29 is 107 Å². The first kappa shape index (κ1) is 93.8. The Morgan fingerprint density at radius 3 is 0.831 bits per heavy atom. The zero-order valence-electron chi connectivity index (χ0n) is 73.9. The molecular weight excluding hydrogens is 1580 g/mol.